The zero-order valence-electron chi connectivity index (χ0n) is 7.12. The Morgan fingerprint density at radius 2 is 2.23 bits per heavy atom. The van der Waals surface area contributed by atoms with Crippen molar-refractivity contribution in [3.63, 3.8) is 0 Å². The Morgan fingerprint density at radius 1 is 1.46 bits per heavy atom. The van der Waals surface area contributed by atoms with Crippen molar-refractivity contribution >= 4 is 22.9 Å². The number of carbonyl (C=O) groups is 1. The van der Waals surface area contributed by atoms with Gasteiger partial charge >= 0.3 is 0 Å². The second-order valence-corrected chi connectivity index (χ2v) is 3.28. The molecule has 2 aromatic heterocycles. The molecule has 0 atom stereocenters. The first-order valence-electron chi connectivity index (χ1n) is 3.96. The molecule has 0 aromatic carbocycles. The molecule has 0 saturated heterocycles. The Labute approximate surface area is 80.7 Å². The zero-order chi connectivity index (χ0) is 9.42. The normalized spacial score (nSPS) is 10.6. The molecule has 2 nitrogen and oxygen atoms in total. The van der Waals surface area contributed by atoms with Gasteiger partial charge in [-0.3, -0.25) is 4.79 Å². The largest absolute Gasteiger partial charge is 0.307 e. The Hall–Kier alpha value is -1.28. The number of pyridine rings is 1. The molecule has 2 rings (SSSR count). The summed E-state index contributed by atoms with van der Waals surface area (Å²) in [5, 5.41) is 0.570. The molecule has 0 radical (unpaired) electrons. The molecule has 0 bridgehead atoms. The number of hydrogen-bond donors (Lipinski definition) is 0. The van der Waals surface area contributed by atoms with E-state index in [1.165, 1.54) is 0 Å². The van der Waals surface area contributed by atoms with E-state index in [0.717, 1.165) is 5.52 Å². The summed E-state index contributed by atoms with van der Waals surface area (Å²) in [5.41, 5.74) is 1.53. The van der Waals surface area contributed by atoms with Gasteiger partial charge in [0.05, 0.1) is 5.52 Å². The second-order valence-electron chi connectivity index (χ2n) is 2.89. The van der Waals surface area contributed by atoms with Gasteiger partial charge in [0.25, 0.3) is 0 Å². The average molecular weight is 194 g/mol. The zero-order valence-corrected chi connectivity index (χ0v) is 7.88. The van der Waals surface area contributed by atoms with Crippen molar-refractivity contribution in [3.05, 3.63) is 41.2 Å². The van der Waals surface area contributed by atoms with Crippen LogP contribution in [0.25, 0.3) is 5.52 Å². The van der Waals surface area contributed by atoms with Gasteiger partial charge in [-0.05, 0) is 25.1 Å². The van der Waals surface area contributed by atoms with Crippen molar-refractivity contribution in [2.45, 2.75) is 6.92 Å². The van der Waals surface area contributed by atoms with Crippen LogP contribution < -0.4 is 0 Å². The van der Waals surface area contributed by atoms with E-state index in [9.17, 15) is 4.79 Å². The van der Waals surface area contributed by atoms with E-state index < -0.39 is 0 Å². The monoisotopic (exact) mass is 193 g/mol. The lowest BCUT2D eigenvalue weighted by Gasteiger charge is -1.95. The summed E-state index contributed by atoms with van der Waals surface area (Å²) in [5.74, 6) is 0.0376. The molecule has 13 heavy (non-hydrogen) atoms. The van der Waals surface area contributed by atoms with Crippen LogP contribution in [0.4, 0.5) is 0 Å². The maximum absolute atomic E-state index is 11.2. The maximum atomic E-state index is 11.2. The van der Waals surface area contributed by atoms with Gasteiger partial charge in [-0.2, -0.15) is 0 Å². The van der Waals surface area contributed by atoms with Crippen molar-refractivity contribution in [3.8, 4) is 0 Å². The number of Topliss-reactive ketones (excluding diaryl/α,β-unsaturated/α-hetero) is 1. The Kier molecular flexibility index (Phi) is 1.85. The van der Waals surface area contributed by atoms with E-state index in [-0.39, 0.29) is 5.78 Å². The topological polar surface area (TPSA) is 21.5 Å². The van der Waals surface area contributed by atoms with Gasteiger partial charge in [0.15, 0.2) is 5.78 Å². The molecule has 2 aromatic rings. The second kappa shape index (κ2) is 2.89. The summed E-state index contributed by atoms with van der Waals surface area (Å²) >= 11 is 5.93. The first-order valence-corrected chi connectivity index (χ1v) is 4.34. The van der Waals surface area contributed by atoms with Gasteiger partial charge in [-0.25, -0.2) is 0 Å². The van der Waals surface area contributed by atoms with Crippen molar-refractivity contribution < 1.29 is 4.79 Å². The fraction of sp³-hybridized carbons (Fsp3) is 0.100. The Morgan fingerprint density at radius 3 is 2.92 bits per heavy atom. The first-order chi connectivity index (χ1) is 6.20. The number of fused-ring (bicyclic) bond motifs is 1. The SMILES string of the molecule is CC(=O)c1cc(Cl)n2ccccc12. The highest BCUT2D eigenvalue weighted by Gasteiger charge is 2.09. The summed E-state index contributed by atoms with van der Waals surface area (Å²) in [7, 11) is 0. The number of aromatic nitrogens is 1. The molecule has 0 amide bonds. The summed E-state index contributed by atoms with van der Waals surface area (Å²) in [6.45, 7) is 1.54. The summed E-state index contributed by atoms with van der Waals surface area (Å²) in [6, 6.07) is 7.34. The van der Waals surface area contributed by atoms with Gasteiger partial charge in [0, 0.05) is 11.8 Å². The highest BCUT2D eigenvalue weighted by Crippen LogP contribution is 2.20. The highest BCUT2D eigenvalue weighted by molar-refractivity contribution is 6.30. The molecule has 3 heteroatoms. The van der Waals surface area contributed by atoms with Crippen molar-refractivity contribution in [2.75, 3.05) is 0 Å². The number of rotatable bonds is 1. The fourth-order valence-electron chi connectivity index (χ4n) is 1.39. The van der Waals surface area contributed by atoms with E-state index in [1.807, 2.05) is 24.4 Å². The number of carbonyl (C=O) groups excluding carboxylic acids is 1. The quantitative estimate of drug-likeness (QED) is 0.639. The number of halogens is 1. The molecule has 0 aliphatic heterocycles. The minimum atomic E-state index is 0.0376. The fourth-order valence-corrected chi connectivity index (χ4v) is 1.65. The van der Waals surface area contributed by atoms with Crippen LogP contribution >= 0.6 is 11.6 Å². The number of hydrogen-bond acceptors (Lipinski definition) is 1. The lowest BCUT2D eigenvalue weighted by Crippen LogP contribution is -1.90. The smallest absolute Gasteiger partial charge is 0.162 e. The molecule has 66 valence electrons. The summed E-state index contributed by atoms with van der Waals surface area (Å²) in [6.07, 6.45) is 1.84. The van der Waals surface area contributed by atoms with E-state index in [0.29, 0.717) is 10.7 Å². The van der Waals surface area contributed by atoms with Crippen LogP contribution in [-0.4, -0.2) is 10.2 Å². The minimum Gasteiger partial charge on any atom is -0.307 e. The van der Waals surface area contributed by atoms with Crippen molar-refractivity contribution in [2.24, 2.45) is 0 Å². The van der Waals surface area contributed by atoms with Crippen LogP contribution in [0.15, 0.2) is 30.5 Å². The molecule has 2 heterocycles. The lowest BCUT2D eigenvalue weighted by atomic mass is 10.2. The van der Waals surface area contributed by atoms with Crippen molar-refractivity contribution in [1.29, 1.82) is 0 Å². The van der Waals surface area contributed by atoms with E-state index in [2.05, 4.69) is 0 Å². The molecular formula is C10H8ClNO. The van der Waals surface area contributed by atoms with Crippen LogP contribution in [0, 0.1) is 0 Å². The van der Waals surface area contributed by atoms with Crippen molar-refractivity contribution in [1.82, 2.24) is 4.40 Å². The van der Waals surface area contributed by atoms with Crippen LogP contribution in [0.1, 0.15) is 17.3 Å². The molecule has 0 aliphatic rings. The molecule has 0 fully saturated rings. The first kappa shape index (κ1) is 8.32. The van der Waals surface area contributed by atoms with Gasteiger partial charge in [0.2, 0.25) is 0 Å². The summed E-state index contributed by atoms with van der Waals surface area (Å²) < 4.78 is 1.79. The van der Waals surface area contributed by atoms with Crippen LogP contribution in [0.3, 0.4) is 0 Å². The third-order valence-electron chi connectivity index (χ3n) is 2.01. The van der Waals surface area contributed by atoms with E-state index in [4.69, 9.17) is 11.6 Å². The predicted octanol–water partition coefficient (Wildman–Crippen LogP) is 2.80. The number of ketones is 1. The highest BCUT2D eigenvalue weighted by atomic mass is 35.5. The van der Waals surface area contributed by atoms with Gasteiger partial charge < -0.3 is 4.40 Å². The van der Waals surface area contributed by atoms with Crippen LogP contribution in [0.5, 0.6) is 0 Å². The molecular weight excluding hydrogens is 186 g/mol. The molecule has 0 aliphatic carbocycles. The maximum Gasteiger partial charge on any atom is 0.162 e. The van der Waals surface area contributed by atoms with Gasteiger partial charge in [0.1, 0.15) is 5.15 Å². The Balaban J connectivity index is 2.85. The third-order valence-corrected chi connectivity index (χ3v) is 2.30. The van der Waals surface area contributed by atoms with E-state index in [1.54, 1.807) is 17.4 Å². The molecule has 0 N–H and O–H groups in total. The van der Waals surface area contributed by atoms with Crippen LogP contribution in [-0.2, 0) is 0 Å². The minimum absolute atomic E-state index is 0.0376. The predicted molar refractivity (Wildman–Crippen MR) is 52.4 cm³/mol. The molecule has 0 spiro atoms. The molecule has 0 unspecified atom stereocenters. The van der Waals surface area contributed by atoms with Gasteiger partial charge in [-0.1, -0.05) is 17.7 Å². The third kappa shape index (κ3) is 1.23. The Bertz CT molecular complexity index is 473. The van der Waals surface area contributed by atoms with Gasteiger partial charge in [-0.15, -0.1) is 0 Å². The lowest BCUT2D eigenvalue weighted by molar-refractivity contribution is 0.101. The van der Waals surface area contributed by atoms with E-state index >= 15 is 0 Å². The van der Waals surface area contributed by atoms with Crippen LogP contribution in [0.2, 0.25) is 5.15 Å². The standard InChI is InChI=1S/C10H8ClNO/c1-7(13)8-6-10(11)12-5-3-2-4-9(8)12/h2-6H,1H3. The summed E-state index contributed by atoms with van der Waals surface area (Å²) in [4.78, 5) is 11.2. The average Bonchev–Trinajstić information content (AvgIpc) is 2.45. The number of nitrogens with zero attached hydrogens (tertiary/aromatic N) is 1. The molecule has 0 saturated carbocycles.